The van der Waals surface area contributed by atoms with Crippen molar-refractivity contribution < 1.29 is 4.74 Å². The van der Waals surface area contributed by atoms with Crippen LogP contribution in [0.1, 0.15) is 26.3 Å². The van der Waals surface area contributed by atoms with Crippen molar-refractivity contribution in [2.75, 3.05) is 0 Å². The molecule has 0 spiro atoms. The van der Waals surface area contributed by atoms with Crippen LogP contribution in [0.25, 0.3) is 66.0 Å². The van der Waals surface area contributed by atoms with Gasteiger partial charge in [0.2, 0.25) is 0 Å². The van der Waals surface area contributed by atoms with Gasteiger partial charge < -0.3 is 4.74 Å². The summed E-state index contributed by atoms with van der Waals surface area (Å²) >= 11 is 0. The van der Waals surface area contributed by atoms with Crippen LogP contribution in [0.3, 0.4) is 0 Å². The van der Waals surface area contributed by atoms with Crippen molar-refractivity contribution in [3.05, 3.63) is 133 Å². The summed E-state index contributed by atoms with van der Waals surface area (Å²) in [5.41, 5.74) is 5.64. The quantitative estimate of drug-likeness (QED) is 0.194. The molecule has 5 nitrogen and oxygen atoms in total. The first kappa shape index (κ1) is 25.8. The molecule has 9 rings (SSSR count). The Balaban J connectivity index is 1.25. The van der Waals surface area contributed by atoms with E-state index in [1.54, 1.807) is 0 Å². The summed E-state index contributed by atoms with van der Waals surface area (Å²) in [5, 5.41) is 7.18. The van der Waals surface area contributed by atoms with E-state index in [0.717, 1.165) is 56.0 Å². The van der Waals surface area contributed by atoms with E-state index in [1.165, 1.54) is 27.1 Å². The van der Waals surface area contributed by atoms with Crippen molar-refractivity contribution in [1.29, 1.82) is 0 Å². The molecule has 4 heterocycles. The monoisotopic (exact) mass is 582 g/mol. The average molecular weight is 583 g/mol. The van der Waals surface area contributed by atoms with Gasteiger partial charge in [-0.1, -0.05) is 69.3 Å². The van der Waals surface area contributed by atoms with Crippen molar-refractivity contribution in [3.8, 4) is 23.1 Å². The molecule has 0 aliphatic rings. The molecule has 0 aliphatic carbocycles. The fourth-order valence-corrected chi connectivity index (χ4v) is 6.86. The summed E-state index contributed by atoms with van der Waals surface area (Å²) in [6, 6.07) is 40.4. The van der Waals surface area contributed by atoms with Crippen molar-refractivity contribution >= 4 is 54.4 Å². The van der Waals surface area contributed by atoms with Crippen molar-refractivity contribution in [2.24, 2.45) is 0 Å². The molecule has 0 atom stereocenters. The minimum atomic E-state index is 0.00688. The molecule has 0 saturated carbocycles. The molecular weight excluding hydrogens is 552 g/mol. The third kappa shape index (κ3) is 3.94. The van der Waals surface area contributed by atoms with Gasteiger partial charge in [-0.05, 0) is 76.3 Å². The second-order valence-corrected chi connectivity index (χ2v) is 12.8. The van der Waals surface area contributed by atoms with Crippen LogP contribution < -0.4 is 4.74 Å². The van der Waals surface area contributed by atoms with Gasteiger partial charge in [0.1, 0.15) is 23.1 Å². The van der Waals surface area contributed by atoms with Gasteiger partial charge in [-0.25, -0.2) is 9.97 Å². The molecular formula is C40H30N4O. The van der Waals surface area contributed by atoms with Crippen molar-refractivity contribution in [2.45, 2.75) is 26.2 Å². The van der Waals surface area contributed by atoms with Crippen molar-refractivity contribution in [3.63, 3.8) is 0 Å². The summed E-state index contributed by atoms with van der Waals surface area (Å²) in [6.07, 6.45) is 3.76. The number of hydrogen-bond donors (Lipinski definition) is 0. The Labute approximate surface area is 260 Å². The lowest BCUT2D eigenvalue weighted by atomic mass is 9.88. The maximum absolute atomic E-state index is 6.71. The first-order valence-corrected chi connectivity index (χ1v) is 15.3. The molecule has 0 saturated heterocycles. The Bertz CT molecular complexity index is 2550. The fourth-order valence-electron chi connectivity index (χ4n) is 6.86. The number of pyridine rings is 2. The van der Waals surface area contributed by atoms with Crippen LogP contribution in [0.15, 0.2) is 128 Å². The van der Waals surface area contributed by atoms with E-state index >= 15 is 0 Å². The van der Waals surface area contributed by atoms with Gasteiger partial charge in [0, 0.05) is 46.1 Å². The molecule has 0 N–H and O–H groups in total. The zero-order valence-corrected chi connectivity index (χ0v) is 25.3. The molecule has 4 aromatic heterocycles. The fraction of sp³-hybridized carbons (Fsp3) is 0.100. The Morgan fingerprint density at radius 3 is 2.11 bits per heavy atom. The van der Waals surface area contributed by atoms with E-state index in [0.29, 0.717) is 0 Å². The Morgan fingerprint density at radius 2 is 1.24 bits per heavy atom. The smallest absolute Gasteiger partial charge is 0.137 e. The molecule has 5 aromatic carbocycles. The Morgan fingerprint density at radius 1 is 0.511 bits per heavy atom. The van der Waals surface area contributed by atoms with E-state index in [1.807, 2.05) is 30.6 Å². The normalized spacial score (nSPS) is 12.3. The van der Waals surface area contributed by atoms with Crippen molar-refractivity contribution in [1.82, 2.24) is 19.1 Å². The number of para-hydroxylation sites is 1. The average Bonchev–Trinajstić information content (AvgIpc) is 3.57. The lowest BCUT2D eigenvalue weighted by molar-refractivity contribution is 0.484. The third-order valence-corrected chi connectivity index (χ3v) is 8.97. The number of rotatable bonds is 4. The molecule has 45 heavy (non-hydrogen) atoms. The van der Waals surface area contributed by atoms with E-state index < -0.39 is 0 Å². The largest absolute Gasteiger partial charge is 0.457 e. The van der Waals surface area contributed by atoms with Gasteiger partial charge in [0.05, 0.1) is 22.1 Å². The summed E-state index contributed by atoms with van der Waals surface area (Å²) < 4.78 is 11.2. The van der Waals surface area contributed by atoms with Crippen LogP contribution in [-0.2, 0) is 5.41 Å². The first-order valence-electron chi connectivity index (χ1n) is 15.3. The molecule has 216 valence electrons. The molecule has 0 bridgehead atoms. The van der Waals surface area contributed by atoms with Crippen LogP contribution in [0.4, 0.5) is 0 Å². The van der Waals surface area contributed by atoms with Crippen LogP contribution >= 0.6 is 0 Å². The van der Waals surface area contributed by atoms with E-state index in [4.69, 9.17) is 9.72 Å². The molecule has 0 unspecified atom stereocenters. The predicted octanol–water partition coefficient (Wildman–Crippen LogP) is 10.4. The zero-order chi connectivity index (χ0) is 30.3. The summed E-state index contributed by atoms with van der Waals surface area (Å²) in [6.45, 7) is 6.72. The Hall–Kier alpha value is -5.68. The number of ether oxygens (including phenoxy) is 1. The number of hydrogen-bond acceptors (Lipinski definition) is 3. The highest BCUT2D eigenvalue weighted by molar-refractivity contribution is 6.24. The second-order valence-electron chi connectivity index (χ2n) is 12.8. The zero-order valence-electron chi connectivity index (χ0n) is 25.3. The summed E-state index contributed by atoms with van der Waals surface area (Å²) in [7, 11) is 0. The maximum atomic E-state index is 6.71. The predicted molar refractivity (Wildman–Crippen MR) is 185 cm³/mol. The molecule has 0 radical (unpaired) electrons. The minimum Gasteiger partial charge on any atom is -0.457 e. The summed E-state index contributed by atoms with van der Waals surface area (Å²) in [5.74, 6) is 3.33. The van der Waals surface area contributed by atoms with Crippen LogP contribution in [0.5, 0.6) is 11.5 Å². The van der Waals surface area contributed by atoms with E-state index in [9.17, 15) is 0 Å². The molecule has 0 fully saturated rings. The van der Waals surface area contributed by atoms with E-state index in [2.05, 4.69) is 132 Å². The van der Waals surface area contributed by atoms with Gasteiger partial charge in [0.15, 0.2) is 0 Å². The molecule has 9 aromatic rings. The highest BCUT2D eigenvalue weighted by Gasteiger charge is 2.21. The van der Waals surface area contributed by atoms with Crippen LogP contribution in [0.2, 0.25) is 0 Å². The third-order valence-electron chi connectivity index (χ3n) is 8.97. The summed E-state index contributed by atoms with van der Waals surface area (Å²) in [4.78, 5) is 9.56. The van der Waals surface area contributed by atoms with Gasteiger partial charge in [-0.15, -0.1) is 0 Å². The SMILES string of the molecule is CC(C)(C)c1ccnc(-n2c3cccc4ccc5cc(Oc6ccc7c8ccccc8n(-c8ccccn8)c7c6)cc2c5c43)c1. The molecule has 0 amide bonds. The number of benzene rings is 5. The van der Waals surface area contributed by atoms with Crippen LogP contribution in [-0.4, -0.2) is 19.1 Å². The van der Waals surface area contributed by atoms with Gasteiger partial charge >= 0.3 is 0 Å². The van der Waals surface area contributed by atoms with Gasteiger partial charge in [-0.3, -0.25) is 9.13 Å². The standard InChI is InChI=1S/C40H30N4O/c1-40(2,3)27-18-20-42-37(22-27)44-33-12-8-9-25-14-15-26-21-29(24-35(44)39(26)38(25)33)45-28-16-17-31-30-10-4-5-11-32(30)43(34(31)23-28)36-13-6-7-19-41-36/h4-24H,1-3H3. The van der Waals surface area contributed by atoms with E-state index in [-0.39, 0.29) is 5.41 Å². The first-order chi connectivity index (χ1) is 21.9. The highest BCUT2D eigenvalue weighted by atomic mass is 16.5. The number of nitrogens with zero attached hydrogens (tertiary/aromatic N) is 4. The lowest BCUT2D eigenvalue weighted by Gasteiger charge is -2.20. The highest BCUT2D eigenvalue weighted by Crippen LogP contribution is 2.42. The minimum absolute atomic E-state index is 0.00688. The number of fused-ring (bicyclic) bond motifs is 3. The Kier molecular flexibility index (Phi) is 5.39. The molecule has 5 heteroatoms. The lowest BCUT2D eigenvalue weighted by Crippen LogP contribution is -2.12. The topological polar surface area (TPSA) is 44.9 Å². The maximum Gasteiger partial charge on any atom is 0.137 e. The molecule has 0 aliphatic heterocycles. The number of aromatic nitrogens is 4. The second kappa shape index (κ2) is 9.41. The van der Waals surface area contributed by atoms with Gasteiger partial charge in [-0.2, -0.15) is 0 Å². The van der Waals surface area contributed by atoms with Gasteiger partial charge in [0.25, 0.3) is 0 Å². The van der Waals surface area contributed by atoms with Crippen LogP contribution in [0, 0.1) is 0 Å².